The van der Waals surface area contributed by atoms with Crippen LogP contribution in [0.3, 0.4) is 0 Å². The molecule has 0 unspecified atom stereocenters. The summed E-state index contributed by atoms with van der Waals surface area (Å²) in [6, 6.07) is 3.30. The van der Waals surface area contributed by atoms with Crippen molar-refractivity contribution < 1.29 is 21.6 Å². The number of rotatable bonds is 4. The number of hydrogen-bond donors (Lipinski definition) is 0. The second kappa shape index (κ2) is 7.55. The summed E-state index contributed by atoms with van der Waals surface area (Å²) in [6.45, 7) is 2.04. The van der Waals surface area contributed by atoms with Gasteiger partial charge in [-0.1, -0.05) is 6.07 Å². The summed E-state index contributed by atoms with van der Waals surface area (Å²) in [6.07, 6.45) is 2.21. The van der Waals surface area contributed by atoms with Gasteiger partial charge in [0.05, 0.1) is 6.26 Å². The summed E-state index contributed by atoms with van der Waals surface area (Å²) in [7, 11) is -6.68. The zero-order valence-electron chi connectivity index (χ0n) is 14.6. The van der Waals surface area contributed by atoms with Gasteiger partial charge < -0.3 is 4.90 Å². The molecule has 2 fully saturated rings. The Bertz CT molecular complexity index is 835. The summed E-state index contributed by atoms with van der Waals surface area (Å²) < 4.78 is 51.3. The summed E-state index contributed by atoms with van der Waals surface area (Å²) >= 11 is 1.19. The fourth-order valence-corrected chi connectivity index (χ4v) is 6.82. The van der Waals surface area contributed by atoms with E-state index in [0.717, 1.165) is 0 Å². The van der Waals surface area contributed by atoms with E-state index in [1.165, 1.54) is 26.2 Å². The minimum Gasteiger partial charge on any atom is -0.340 e. The highest BCUT2D eigenvalue weighted by Crippen LogP contribution is 2.24. The van der Waals surface area contributed by atoms with Crippen LogP contribution in [0.25, 0.3) is 0 Å². The van der Waals surface area contributed by atoms with Crippen LogP contribution < -0.4 is 0 Å². The molecule has 2 saturated heterocycles. The standard InChI is InChI=1S/C15H23N3O5S3/c1-25(20,21)17-6-4-13(5-7-17)15(19)16-8-10-18(11-9-16)26(22,23)14-3-2-12-24-14/h2-3,12-13H,4-11H2,1H3. The molecule has 0 N–H and O–H groups in total. The van der Waals surface area contributed by atoms with Gasteiger partial charge in [-0.3, -0.25) is 4.79 Å². The molecule has 2 aliphatic heterocycles. The lowest BCUT2D eigenvalue weighted by atomic mass is 9.96. The zero-order valence-corrected chi connectivity index (χ0v) is 17.0. The van der Waals surface area contributed by atoms with Crippen LogP contribution in [0.5, 0.6) is 0 Å². The highest BCUT2D eigenvalue weighted by molar-refractivity contribution is 7.91. The maximum Gasteiger partial charge on any atom is 0.252 e. The van der Waals surface area contributed by atoms with Crippen molar-refractivity contribution in [3.63, 3.8) is 0 Å². The van der Waals surface area contributed by atoms with Gasteiger partial charge in [0.1, 0.15) is 4.21 Å². The van der Waals surface area contributed by atoms with Gasteiger partial charge in [0, 0.05) is 45.2 Å². The smallest absolute Gasteiger partial charge is 0.252 e. The Balaban J connectivity index is 1.55. The first-order valence-corrected chi connectivity index (χ1v) is 12.6. The van der Waals surface area contributed by atoms with Gasteiger partial charge in [0.25, 0.3) is 10.0 Å². The number of sulfonamides is 2. The molecule has 1 aromatic heterocycles. The van der Waals surface area contributed by atoms with Crippen LogP contribution in [0, 0.1) is 5.92 Å². The van der Waals surface area contributed by atoms with Crippen LogP contribution in [0.4, 0.5) is 0 Å². The highest BCUT2D eigenvalue weighted by Gasteiger charge is 2.35. The monoisotopic (exact) mass is 421 g/mol. The van der Waals surface area contributed by atoms with Gasteiger partial charge in [0.15, 0.2) is 0 Å². The largest absolute Gasteiger partial charge is 0.340 e. The quantitative estimate of drug-likeness (QED) is 0.695. The molecule has 146 valence electrons. The molecule has 3 heterocycles. The normalized spacial score (nSPS) is 21.8. The number of nitrogens with zero attached hydrogens (tertiary/aromatic N) is 3. The Morgan fingerprint density at radius 3 is 2.12 bits per heavy atom. The first-order chi connectivity index (χ1) is 12.2. The summed E-state index contributed by atoms with van der Waals surface area (Å²) in [4.78, 5) is 14.4. The lowest BCUT2D eigenvalue weighted by Crippen LogP contribution is -2.53. The Labute approximate surface area is 158 Å². The number of carbonyl (C=O) groups is 1. The SMILES string of the molecule is CS(=O)(=O)N1CCC(C(=O)N2CCN(S(=O)(=O)c3cccs3)CC2)CC1. The first kappa shape index (κ1) is 19.7. The van der Waals surface area contributed by atoms with Crippen molar-refractivity contribution in [1.82, 2.24) is 13.5 Å². The van der Waals surface area contributed by atoms with Crippen LogP contribution in [0.1, 0.15) is 12.8 Å². The molecule has 0 radical (unpaired) electrons. The highest BCUT2D eigenvalue weighted by atomic mass is 32.2. The maximum absolute atomic E-state index is 12.7. The second-order valence-electron chi connectivity index (χ2n) is 6.60. The predicted octanol–water partition coefficient (Wildman–Crippen LogP) is 0.253. The number of piperidine rings is 1. The number of hydrogen-bond acceptors (Lipinski definition) is 6. The minimum absolute atomic E-state index is 0.00585. The van der Waals surface area contributed by atoms with Gasteiger partial charge in [-0.15, -0.1) is 11.3 Å². The van der Waals surface area contributed by atoms with E-state index >= 15 is 0 Å². The molecule has 0 spiro atoms. The summed E-state index contributed by atoms with van der Waals surface area (Å²) in [5.74, 6) is -0.181. The lowest BCUT2D eigenvalue weighted by molar-refractivity contribution is -0.137. The van der Waals surface area contributed by atoms with Crippen LogP contribution in [-0.4, -0.2) is 81.8 Å². The van der Waals surface area contributed by atoms with Crippen molar-refractivity contribution in [3.05, 3.63) is 17.5 Å². The molecule has 3 rings (SSSR count). The van der Waals surface area contributed by atoms with E-state index in [-0.39, 0.29) is 24.9 Å². The van der Waals surface area contributed by atoms with E-state index in [4.69, 9.17) is 0 Å². The van der Waals surface area contributed by atoms with Crippen molar-refractivity contribution in [3.8, 4) is 0 Å². The van der Waals surface area contributed by atoms with E-state index in [9.17, 15) is 21.6 Å². The van der Waals surface area contributed by atoms with Gasteiger partial charge >= 0.3 is 0 Å². The fraction of sp³-hybridized carbons (Fsp3) is 0.667. The molecular weight excluding hydrogens is 398 g/mol. The molecular formula is C15H23N3O5S3. The van der Waals surface area contributed by atoms with Crippen molar-refractivity contribution >= 4 is 37.3 Å². The Kier molecular flexibility index (Phi) is 5.73. The van der Waals surface area contributed by atoms with Gasteiger partial charge in [0.2, 0.25) is 15.9 Å². The maximum atomic E-state index is 12.7. The van der Waals surface area contributed by atoms with Gasteiger partial charge in [-0.05, 0) is 24.3 Å². The average Bonchev–Trinajstić information content (AvgIpc) is 3.16. The number of amides is 1. The first-order valence-electron chi connectivity index (χ1n) is 8.47. The lowest BCUT2D eigenvalue weighted by Gasteiger charge is -2.37. The van der Waals surface area contributed by atoms with E-state index in [1.54, 1.807) is 22.4 Å². The van der Waals surface area contributed by atoms with Crippen molar-refractivity contribution in [2.45, 2.75) is 17.1 Å². The van der Waals surface area contributed by atoms with Crippen LogP contribution >= 0.6 is 11.3 Å². The molecule has 1 amide bonds. The van der Waals surface area contributed by atoms with E-state index in [2.05, 4.69) is 0 Å². The van der Waals surface area contributed by atoms with Crippen LogP contribution in [-0.2, 0) is 24.8 Å². The van der Waals surface area contributed by atoms with E-state index in [1.807, 2.05) is 0 Å². The molecule has 2 aliphatic rings. The number of thiophene rings is 1. The molecule has 26 heavy (non-hydrogen) atoms. The molecule has 0 aromatic carbocycles. The van der Waals surface area contributed by atoms with Crippen molar-refractivity contribution in [2.24, 2.45) is 5.92 Å². The Hall–Kier alpha value is -1.01. The zero-order chi connectivity index (χ0) is 18.9. The fourth-order valence-electron chi connectivity index (χ4n) is 3.38. The Morgan fingerprint density at radius 1 is 1.00 bits per heavy atom. The third kappa shape index (κ3) is 4.11. The number of carbonyl (C=O) groups excluding carboxylic acids is 1. The Morgan fingerprint density at radius 2 is 1.62 bits per heavy atom. The molecule has 8 nitrogen and oxygen atoms in total. The van der Waals surface area contributed by atoms with Crippen LogP contribution in [0.2, 0.25) is 0 Å². The van der Waals surface area contributed by atoms with Crippen LogP contribution in [0.15, 0.2) is 21.7 Å². The van der Waals surface area contributed by atoms with E-state index in [0.29, 0.717) is 43.2 Å². The van der Waals surface area contributed by atoms with Gasteiger partial charge in [-0.25, -0.2) is 21.1 Å². The molecule has 1 aromatic rings. The molecule has 11 heteroatoms. The average molecular weight is 422 g/mol. The van der Waals surface area contributed by atoms with Crippen molar-refractivity contribution in [2.75, 3.05) is 45.5 Å². The predicted molar refractivity (Wildman–Crippen MR) is 98.8 cm³/mol. The second-order valence-corrected chi connectivity index (χ2v) is 11.7. The summed E-state index contributed by atoms with van der Waals surface area (Å²) in [5.41, 5.74) is 0. The molecule has 0 saturated carbocycles. The van der Waals surface area contributed by atoms with Gasteiger partial charge in [-0.2, -0.15) is 4.31 Å². The third-order valence-electron chi connectivity index (χ3n) is 4.91. The summed E-state index contributed by atoms with van der Waals surface area (Å²) in [5, 5.41) is 1.73. The topological polar surface area (TPSA) is 95.1 Å². The molecule has 0 bridgehead atoms. The minimum atomic E-state index is -3.48. The molecule has 0 aliphatic carbocycles. The molecule has 0 atom stereocenters. The van der Waals surface area contributed by atoms with E-state index < -0.39 is 20.0 Å². The van der Waals surface area contributed by atoms with Crippen molar-refractivity contribution in [1.29, 1.82) is 0 Å². The third-order valence-corrected chi connectivity index (χ3v) is 9.49. The number of piperazine rings is 1.